The van der Waals surface area contributed by atoms with Crippen LogP contribution in [0.4, 0.5) is 11.8 Å². The van der Waals surface area contributed by atoms with E-state index in [1.165, 1.54) is 0 Å². The van der Waals surface area contributed by atoms with Crippen molar-refractivity contribution in [1.29, 1.82) is 0 Å². The molecule has 2 heterocycles. The van der Waals surface area contributed by atoms with Gasteiger partial charge in [0, 0.05) is 25.5 Å². The fourth-order valence-electron chi connectivity index (χ4n) is 2.95. The number of para-hydroxylation sites is 1. The maximum absolute atomic E-state index is 6.18. The Balaban J connectivity index is 2.38. The van der Waals surface area contributed by atoms with Crippen LogP contribution in [0.2, 0.25) is 0 Å². The molecule has 0 fully saturated rings. The molecule has 3 aromatic rings. The molecule has 2 N–H and O–H groups in total. The minimum Gasteiger partial charge on any atom is -0.382 e. The van der Waals surface area contributed by atoms with Gasteiger partial charge in [-0.15, -0.1) is 6.58 Å². The molecule has 0 radical (unpaired) electrons. The number of aromatic nitrogens is 3. The number of hydrogen-bond donors (Lipinski definition) is 1. The van der Waals surface area contributed by atoms with E-state index in [2.05, 4.69) is 40.9 Å². The van der Waals surface area contributed by atoms with E-state index in [0.29, 0.717) is 11.7 Å². The number of nitrogens with zero attached hydrogens (tertiary/aromatic N) is 4. The zero-order chi connectivity index (χ0) is 16.6. The van der Waals surface area contributed by atoms with E-state index in [1.807, 2.05) is 31.3 Å². The van der Waals surface area contributed by atoms with Crippen LogP contribution in [-0.4, -0.2) is 28.1 Å². The lowest BCUT2D eigenvalue weighted by atomic mass is 10.1. The predicted molar refractivity (Wildman–Crippen MR) is 97.8 cm³/mol. The number of fused-ring (bicyclic) bond motifs is 3. The number of pyridine rings is 1. The molecular formula is C18H23N5. The Labute approximate surface area is 136 Å². The zero-order valence-corrected chi connectivity index (χ0v) is 14.0. The molecule has 0 aliphatic heterocycles. The van der Waals surface area contributed by atoms with Gasteiger partial charge in [-0.05, 0) is 12.0 Å². The Kier molecular flexibility index (Phi) is 3.94. The molecule has 5 nitrogen and oxygen atoms in total. The summed E-state index contributed by atoms with van der Waals surface area (Å²) in [5.74, 6) is 1.88. The van der Waals surface area contributed by atoms with Crippen LogP contribution in [0.5, 0.6) is 0 Å². The number of anilines is 2. The average Bonchev–Trinajstić information content (AvgIpc) is 2.87. The third kappa shape index (κ3) is 2.63. The number of benzene rings is 1. The first-order valence-electron chi connectivity index (χ1n) is 7.89. The molecule has 0 saturated heterocycles. The second-order valence-electron chi connectivity index (χ2n) is 6.30. The van der Waals surface area contributed by atoms with Crippen LogP contribution in [0.15, 0.2) is 36.9 Å². The van der Waals surface area contributed by atoms with Crippen LogP contribution >= 0.6 is 0 Å². The van der Waals surface area contributed by atoms with Gasteiger partial charge in [0.15, 0.2) is 5.82 Å². The molecule has 2 aromatic heterocycles. The van der Waals surface area contributed by atoms with Crippen molar-refractivity contribution in [2.24, 2.45) is 5.92 Å². The molecule has 1 aromatic carbocycles. The molecular weight excluding hydrogens is 286 g/mol. The monoisotopic (exact) mass is 309 g/mol. The molecule has 0 amide bonds. The lowest BCUT2D eigenvalue weighted by Gasteiger charge is -2.19. The molecule has 0 unspecified atom stereocenters. The molecule has 0 atom stereocenters. The number of hydrogen-bond acceptors (Lipinski definition) is 4. The topological polar surface area (TPSA) is 60.0 Å². The Morgan fingerprint density at radius 2 is 2.04 bits per heavy atom. The van der Waals surface area contributed by atoms with Gasteiger partial charge >= 0.3 is 0 Å². The Hall–Kier alpha value is -2.56. The Bertz CT molecular complexity index is 863. The number of nitrogen functional groups attached to an aromatic ring is 1. The molecule has 0 aliphatic carbocycles. The van der Waals surface area contributed by atoms with Crippen LogP contribution in [0.3, 0.4) is 0 Å². The molecule has 0 saturated carbocycles. The first-order valence-corrected chi connectivity index (χ1v) is 7.89. The van der Waals surface area contributed by atoms with Crippen molar-refractivity contribution in [1.82, 2.24) is 14.5 Å². The molecule has 0 bridgehead atoms. The highest BCUT2D eigenvalue weighted by Crippen LogP contribution is 2.32. The van der Waals surface area contributed by atoms with Gasteiger partial charge in [0.25, 0.3) is 0 Å². The van der Waals surface area contributed by atoms with Crippen molar-refractivity contribution in [3.05, 3.63) is 36.9 Å². The molecule has 120 valence electrons. The van der Waals surface area contributed by atoms with Crippen molar-refractivity contribution in [3.63, 3.8) is 0 Å². The van der Waals surface area contributed by atoms with E-state index in [4.69, 9.17) is 10.7 Å². The summed E-state index contributed by atoms with van der Waals surface area (Å²) in [6, 6.07) is 8.08. The number of rotatable bonds is 5. The second-order valence-corrected chi connectivity index (χ2v) is 6.30. The minimum atomic E-state index is 0.481. The molecule has 0 aliphatic rings. The molecule has 23 heavy (non-hydrogen) atoms. The summed E-state index contributed by atoms with van der Waals surface area (Å²) in [7, 11) is 2.02. The van der Waals surface area contributed by atoms with E-state index in [-0.39, 0.29) is 0 Å². The van der Waals surface area contributed by atoms with E-state index in [9.17, 15) is 0 Å². The minimum absolute atomic E-state index is 0.481. The number of imidazole rings is 1. The number of likely N-dealkylation sites (N-methyl/N-ethyl adjacent to an activating group) is 1. The van der Waals surface area contributed by atoms with Crippen LogP contribution in [-0.2, 0) is 6.54 Å². The Morgan fingerprint density at radius 1 is 1.30 bits per heavy atom. The second kappa shape index (κ2) is 5.91. The van der Waals surface area contributed by atoms with Gasteiger partial charge in [-0.25, -0.2) is 9.97 Å². The Morgan fingerprint density at radius 3 is 2.74 bits per heavy atom. The standard InChI is InChI=1S/C18H23N5/c1-5-10-22(4)18-21-15-16(23(18)11-12(2)3)13-8-6-7-9-14(13)20-17(15)19/h5-9,12H,1,10-11H2,2-4H3,(H2,19,20). The average molecular weight is 309 g/mol. The maximum Gasteiger partial charge on any atom is 0.206 e. The predicted octanol–water partition coefficient (Wildman–Crippen LogP) is 3.44. The first kappa shape index (κ1) is 15.3. The van der Waals surface area contributed by atoms with Crippen molar-refractivity contribution in [2.75, 3.05) is 24.2 Å². The maximum atomic E-state index is 6.18. The van der Waals surface area contributed by atoms with Gasteiger partial charge in [-0.1, -0.05) is 38.1 Å². The summed E-state index contributed by atoms with van der Waals surface area (Å²) in [6.07, 6.45) is 1.87. The zero-order valence-electron chi connectivity index (χ0n) is 14.0. The third-order valence-electron chi connectivity index (χ3n) is 3.88. The van der Waals surface area contributed by atoms with Gasteiger partial charge in [-0.2, -0.15) is 0 Å². The quantitative estimate of drug-likeness (QED) is 0.733. The van der Waals surface area contributed by atoms with Crippen molar-refractivity contribution >= 4 is 33.7 Å². The fourth-order valence-corrected chi connectivity index (χ4v) is 2.95. The summed E-state index contributed by atoms with van der Waals surface area (Å²) in [6.45, 7) is 9.84. The van der Waals surface area contributed by atoms with Gasteiger partial charge in [-0.3, -0.25) is 0 Å². The van der Waals surface area contributed by atoms with Crippen LogP contribution < -0.4 is 10.6 Å². The highest BCUT2D eigenvalue weighted by atomic mass is 15.3. The highest BCUT2D eigenvalue weighted by Gasteiger charge is 2.19. The highest BCUT2D eigenvalue weighted by molar-refractivity contribution is 6.07. The molecule has 0 spiro atoms. The van der Waals surface area contributed by atoms with Crippen molar-refractivity contribution < 1.29 is 0 Å². The van der Waals surface area contributed by atoms with Gasteiger partial charge < -0.3 is 15.2 Å². The summed E-state index contributed by atoms with van der Waals surface area (Å²) < 4.78 is 2.25. The van der Waals surface area contributed by atoms with Crippen molar-refractivity contribution in [3.8, 4) is 0 Å². The van der Waals surface area contributed by atoms with E-state index >= 15 is 0 Å². The van der Waals surface area contributed by atoms with Crippen molar-refractivity contribution in [2.45, 2.75) is 20.4 Å². The summed E-state index contributed by atoms with van der Waals surface area (Å²) in [4.78, 5) is 11.4. The van der Waals surface area contributed by atoms with Crippen LogP contribution in [0.1, 0.15) is 13.8 Å². The first-order chi connectivity index (χ1) is 11.0. The normalized spacial score (nSPS) is 11.5. The lowest BCUT2D eigenvalue weighted by molar-refractivity contribution is 0.532. The lowest BCUT2D eigenvalue weighted by Crippen LogP contribution is -2.22. The van der Waals surface area contributed by atoms with Crippen LogP contribution in [0.25, 0.3) is 21.9 Å². The summed E-state index contributed by atoms with van der Waals surface area (Å²) in [5.41, 5.74) is 8.92. The van der Waals surface area contributed by atoms with Crippen LogP contribution in [0, 0.1) is 5.92 Å². The SMILES string of the molecule is C=CCN(C)c1nc2c(N)nc3ccccc3c2n1CC(C)C. The van der Waals surface area contributed by atoms with E-state index in [1.54, 1.807) is 0 Å². The smallest absolute Gasteiger partial charge is 0.206 e. The largest absolute Gasteiger partial charge is 0.382 e. The van der Waals surface area contributed by atoms with Gasteiger partial charge in [0.2, 0.25) is 5.95 Å². The summed E-state index contributed by atoms with van der Waals surface area (Å²) in [5, 5.41) is 1.09. The number of nitrogens with two attached hydrogens (primary N) is 1. The van der Waals surface area contributed by atoms with Gasteiger partial charge in [0.05, 0.1) is 11.0 Å². The van der Waals surface area contributed by atoms with E-state index < -0.39 is 0 Å². The fraction of sp³-hybridized carbons (Fsp3) is 0.333. The molecule has 5 heteroatoms. The summed E-state index contributed by atoms with van der Waals surface area (Å²) >= 11 is 0. The molecule has 3 rings (SSSR count). The third-order valence-corrected chi connectivity index (χ3v) is 3.88. The van der Waals surface area contributed by atoms with E-state index in [0.717, 1.165) is 41.0 Å². The van der Waals surface area contributed by atoms with Gasteiger partial charge in [0.1, 0.15) is 5.52 Å².